The van der Waals surface area contributed by atoms with E-state index in [1.807, 2.05) is 29.8 Å². The van der Waals surface area contributed by atoms with Gasteiger partial charge in [-0.25, -0.2) is 4.98 Å². The molecule has 0 fully saturated rings. The maximum absolute atomic E-state index is 11.8. The first-order valence-electron chi connectivity index (χ1n) is 9.86. The van der Waals surface area contributed by atoms with E-state index in [2.05, 4.69) is 53.8 Å². The molecule has 30 heavy (non-hydrogen) atoms. The van der Waals surface area contributed by atoms with Crippen LogP contribution in [0.2, 0.25) is 0 Å². The van der Waals surface area contributed by atoms with Gasteiger partial charge in [-0.05, 0) is 25.1 Å². The van der Waals surface area contributed by atoms with Crippen molar-refractivity contribution in [2.24, 2.45) is 13.0 Å². The predicted octanol–water partition coefficient (Wildman–Crippen LogP) is 4.05. The number of rotatable bonds is 5. The van der Waals surface area contributed by atoms with Crippen molar-refractivity contribution in [1.82, 2.24) is 19.9 Å². The number of imidazole rings is 1. The fourth-order valence-corrected chi connectivity index (χ4v) is 3.45. The second-order valence-electron chi connectivity index (χ2n) is 7.64. The number of aryl methyl sites for hydroxylation is 1. The van der Waals surface area contributed by atoms with Crippen LogP contribution in [0.1, 0.15) is 24.3 Å². The van der Waals surface area contributed by atoms with E-state index in [1.54, 1.807) is 25.4 Å². The topological polar surface area (TPSA) is 81.1 Å². The van der Waals surface area contributed by atoms with E-state index in [9.17, 15) is 4.79 Å². The van der Waals surface area contributed by atoms with Crippen molar-refractivity contribution in [1.29, 1.82) is 0 Å². The number of amides is 1. The maximum atomic E-state index is 11.8. The molecule has 2 unspecified atom stereocenters. The zero-order valence-corrected chi connectivity index (χ0v) is 17.5. The van der Waals surface area contributed by atoms with Crippen molar-refractivity contribution < 1.29 is 9.53 Å². The maximum Gasteiger partial charge on any atom is 0.269 e. The molecule has 0 saturated carbocycles. The number of allylic oxidation sites excluding steroid dienone is 2. The Bertz CT molecular complexity index is 1160. The summed E-state index contributed by atoms with van der Waals surface area (Å²) < 4.78 is 7.99. The fraction of sp³-hybridized carbons (Fsp3) is 0.261. The third kappa shape index (κ3) is 3.66. The molecule has 0 saturated heterocycles. The minimum Gasteiger partial charge on any atom is -0.457 e. The van der Waals surface area contributed by atoms with Gasteiger partial charge >= 0.3 is 0 Å². The molecule has 1 amide bonds. The van der Waals surface area contributed by atoms with E-state index in [0.717, 1.165) is 17.0 Å². The number of carbonyl (C=O) groups excluding carboxylic acids is 1. The lowest BCUT2D eigenvalue weighted by atomic mass is 9.84. The van der Waals surface area contributed by atoms with Crippen molar-refractivity contribution in [3.63, 3.8) is 0 Å². The molecule has 154 valence electrons. The Labute approximate surface area is 175 Å². The average molecular weight is 403 g/mol. The van der Waals surface area contributed by atoms with Crippen LogP contribution in [0.4, 0.5) is 5.95 Å². The van der Waals surface area contributed by atoms with E-state index >= 15 is 0 Å². The number of hydrogen-bond acceptors (Lipinski definition) is 5. The summed E-state index contributed by atoms with van der Waals surface area (Å²) in [4.78, 5) is 20.6. The van der Waals surface area contributed by atoms with Crippen LogP contribution >= 0.6 is 0 Å². The van der Waals surface area contributed by atoms with Crippen LogP contribution < -0.4 is 15.4 Å². The molecule has 0 spiro atoms. The molecule has 2 N–H and O–H groups in total. The number of nitrogens with one attached hydrogen (secondary N) is 2. The van der Waals surface area contributed by atoms with Crippen molar-refractivity contribution in [2.75, 3.05) is 12.4 Å². The van der Waals surface area contributed by atoms with Gasteiger partial charge in [0.2, 0.25) is 5.95 Å². The third-order valence-corrected chi connectivity index (χ3v) is 5.56. The van der Waals surface area contributed by atoms with Crippen LogP contribution in [0.3, 0.4) is 0 Å². The number of benzene rings is 1. The van der Waals surface area contributed by atoms with E-state index < -0.39 is 0 Å². The van der Waals surface area contributed by atoms with Gasteiger partial charge in [-0.3, -0.25) is 9.78 Å². The Kier molecular flexibility index (Phi) is 5.03. The number of hydrogen-bond donors (Lipinski definition) is 2. The molecular weight excluding hydrogens is 378 g/mol. The molecule has 2 heterocycles. The number of nitrogens with zero attached hydrogens (tertiary/aromatic N) is 3. The van der Waals surface area contributed by atoms with Crippen LogP contribution in [-0.4, -0.2) is 33.0 Å². The monoisotopic (exact) mass is 403 g/mol. The second kappa shape index (κ2) is 7.67. The van der Waals surface area contributed by atoms with Crippen LogP contribution in [0.25, 0.3) is 11.0 Å². The molecule has 1 aliphatic carbocycles. The second-order valence-corrected chi connectivity index (χ2v) is 7.64. The van der Waals surface area contributed by atoms with Gasteiger partial charge < -0.3 is 19.9 Å². The van der Waals surface area contributed by atoms with Crippen molar-refractivity contribution in [2.45, 2.75) is 19.4 Å². The minimum atomic E-state index is -0.259. The lowest BCUT2D eigenvalue weighted by Crippen LogP contribution is -2.40. The van der Waals surface area contributed by atoms with Gasteiger partial charge in [0.25, 0.3) is 5.91 Å². The predicted molar refractivity (Wildman–Crippen MR) is 118 cm³/mol. The Morgan fingerprint density at radius 2 is 2.00 bits per heavy atom. The Morgan fingerprint density at radius 3 is 2.77 bits per heavy atom. The molecule has 2 atom stereocenters. The number of carbonyl (C=O) groups is 1. The molecule has 4 rings (SSSR count). The highest BCUT2D eigenvalue weighted by atomic mass is 16.5. The lowest BCUT2D eigenvalue weighted by molar-refractivity contribution is 0.0958. The Morgan fingerprint density at radius 1 is 1.20 bits per heavy atom. The molecule has 2 aromatic heterocycles. The summed E-state index contributed by atoms with van der Waals surface area (Å²) in [5.74, 6) is 2.05. The third-order valence-electron chi connectivity index (χ3n) is 5.56. The van der Waals surface area contributed by atoms with Crippen LogP contribution in [-0.2, 0) is 7.05 Å². The highest BCUT2D eigenvalue weighted by molar-refractivity contribution is 5.92. The van der Waals surface area contributed by atoms with Crippen molar-refractivity contribution >= 4 is 22.9 Å². The number of fused-ring (bicyclic) bond motifs is 1. The molecule has 1 aromatic carbocycles. The first-order chi connectivity index (χ1) is 14.4. The van der Waals surface area contributed by atoms with E-state index in [0.29, 0.717) is 23.1 Å². The Balaban J connectivity index is 1.60. The molecule has 0 bridgehead atoms. The fourth-order valence-electron chi connectivity index (χ4n) is 3.45. The lowest BCUT2D eigenvalue weighted by Gasteiger charge is -2.34. The number of ether oxygens (including phenoxy) is 1. The van der Waals surface area contributed by atoms with E-state index in [-0.39, 0.29) is 11.4 Å². The summed E-state index contributed by atoms with van der Waals surface area (Å²) in [6.45, 7) is 4.35. The van der Waals surface area contributed by atoms with Gasteiger partial charge in [0.1, 0.15) is 17.2 Å². The van der Waals surface area contributed by atoms with Gasteiger partial charge in [0.05, 0.1) is 16.6 Å². The zero-order valence-electron chi connectivity index (χ0n) is 17.5. The molecule has 7 nitrogen and oxygen atoms in total. The van der Waals surface area contributed by atoms with Crippen molar-refractivity contribution in [3.05, 3.63) is 66.5 Å². The standard InChI is InChI=1S/C23H25N5O2/c1-15-7-5-6-11-23(15,2)27-22-26-18-13-16(8-9-20(18)28(22)4)30-17-10-12-25-19(14-17)21(29)24-3/h5-15H,1-4H3,(H,24,29)(H,26,27). The summed E-state index contributed by atoms with van der Waals surface area (Å²) in [6.07, 6.45) is 10.0. The molecule has 1 aliphatic rings. The van der Waals surface area contributed by atoms with E-state index in [1.165, 1.54) is 0 Å². The van der Waals surface area contributed by atoms with Crippen molar-refractivity contribution in [3.8, 4) is 11.5 Å². The molecule has 0 radical (unpaired) electrons. The van der Waals surface area contributed by atoms with Crippen LogP contribution in [0.15, 0.2) is 60.8 Å². The quantitative estimate of drug-likeness (QED) is 0.672. The summed E-state index contributed by atoms with van der Waals surface area (Å²) in [5.41, 5.74) is 1.91. The average Bonchev–Trinajstić information content (AvgIpc) is 3.04. The SMILES string of the molecule is CNC(=O)c1cc(Oc2ccc3c(c2)nc(NC2(C)C=CC=CC2C)n3C)ccn1. The molecule has 3 aromatic rings. The smallest absolute Gasteiger partial charge is 0.269 e. The first kappa shape index (κ1) is 19.7. The molecular formula is C23H25N5O2. The van der Waals surface area contributed by atoms with Gasteiger partial charge in [-0.1, -0.05) is 31.2 Å². The highest BCUT2D eigenvalue weighted by Crippen LogP contribution is 2.31. The number of aromatic nitrogens is 3. The number of pyridine rings is 1. The van der Waals surface area contributed by atoms with Gasteiger partial charge in [0.15, 0.2) is 0 Å². The van der Waals surface area contributed by atoms with E-state index in [4.69, 9.17) is 9.72 Å². The largest absolute Gasteiger partial charge is 0.457 e. The normalized spacial score (nSPS) is 20.3. The first-order valence-corrected chi connectivity index (χ1v) is 9.86. The highest BCUT2D eigenvalue weighted by Gasteiger charge is 2.29. The van der Waals surface area contributed by atoms with Gasteiger partial charge in [-0.15, -0.1) is 0 Å². The zero-order chi connectivity index (χ0) is 21.3. The number of anilines is 1. The summed E-state index contributed by atoms with van der Waals surface area (Å²) in [7, 11) is 3.56. The summed E-state index contributed by atoms with van der Waals surface area (Å²) in [5, 5.41) is 6.14. The minimum absolute atomic E-state index is 0.212. The van der Waals surface area contributed by atoms with Gasteiger partial charge in [-0.2, -0.15) is 0 Å². The molecule has 7 heteroatoms. The summed E-state index contributed by atoms with van der Waals surface area (Å²) >= 11 is 0. The molecule has 0 aliphatic heterocycles. The van der Waals surface area contributed by atoms with Crippen LogP contribution in [0, 0.1) is 5.92 Å². The Hall–Kier alpha value is -3.61. The van der Waals surface area contributed by atoms with Gasteiger partial charge in [0, 0.05) is 38.3 Å². The summed E-state index contributed by atoms with van der Waals surface area (Å²) in [6, 6.07) is 9.09. The van der Waals surface area contributed by atoms with Crippen LogP contribution in [0.5, 0.6) is 11.5 Å².